The van der Waals surface area contributed by atoms with Gasteiger partial charge >= 0.3 is 0 Å². The molecule has 0 aromatic carbocycles. The normalized spacial score (nSPS) is 39.6. The Morgan fingerprint density at radius 3 is 2.19 bits per heavy atom. The second-order valence-electron chi connectivity index (χ2n) is 6.28. The minimum atomic E-state index is -0.455. The van der Waals surface area contributed by atoms with Crippen LogP contribution in [0.3, 0.4) is 0 Å². The molecule has 0 aliphatic heterocycles. The minimum Gasteiger partial charge on any atom is -0.389 e. The average molecular weight is 225 g/mol. The van der Waals surface area contributed by atoms with Gasteiger partial charge in [0.25, 0.3) is 0 Å². The topological polar surface area (TPSA) is 46.2 Å². The zero-order valence-electron chi connectivity index (χ0n) is 10.7. The van der Waals surface area contributed by atoms with Crippen LogP contribution in [0.4, 0.5) is 0 Å². The Bertz CT molecular complexity index is 233. The first-order chi connectivity index (χ1) is 7.62. The van der Waals surface area contributed by atoms with Crippen molar-refractivity contribution in [2.24, 2.45) is 17.1 Å². The van der Waals surface area contributed by atoms with Crippen LogP contribution in [0.2, 0.25) is 0 Å². The fraction of sp³-hybridized carbons (Fsp3) is 1.00. The number of hydrogen-bond acceptors (Lipinski definition) is 2. The van der Waals surface area contributed by atoms with Gasteiger partial charge in [-0.15, -0.1) is 0 Å². The van der Waals surface area contributed by atoms with Crippen LogP contribution >= 0.6 is 0 Å². The third-order valence-electron chi connectivity index (χ3n) is 5.16. The molecule has 0 bridgehead atoms. The molecule has 0 aromatic heterocycles. The lowest BCUT2D eigenvalue weighted by molar-refractivity contribution is -0.0907. The summed E-state index contributed by atoms with van der Waals surface area (Å²) in [5.41, 5.74) is 5.62. The molecule has 0 amide bonds. The molecule has 3 N–H and O–H groups in total. The number of hydrogen-bond donors (Lipinski definition) is 2. The van der Waals surface area contributed by atoms with Crippen LogP contribution in [0.15, 0.2) is 0 Å². The molecular formula is C14H27NO. The molecular weight excluding hydrogens is 198 g/mol. The summed E-state index contributed by atoms with van der Waals surface area (Å²) in [7, 11) is 0. The van der Waals surface area contributed by atoms with Crippen molar-refractivity contribution in [3.63, 3.8) is 0 Å². The number of aliphatic hydroxyl groups is 1. The van der Waals surface area contributed by atoms with Gasteiger partial charge in [0.05, 0.1) is 5.60 Å². The van der Waals surface area contributed by atoms with Crippen molar-refractivity contribution in [2.75, 3.05) is 6.54 Å². The highest BCUT2D eigenvalue weighted by atomic mass is 16.3. The lowest BCUT2D eigenvalue weighted by Gasteiger charge is -2.45. The van der Waals surface area contributed by atoms with E-state index < -0.39 is 5.60 Å². The van der Waals surface area contributed by atoms with Gasteiger partial charge in [-0.3, -0.25) is 0 Å². The summed E-state index contributed by atoms with van der Waals surface area (Å²) in [5, 5.41) is 11.0. The maximum absolute atomic E-state index is 11.0. The molecule has 94 valence electrons. The summed E-state index contributed by atoms with van der Waals surface area (Å²) < 4.78 is 0. The summed E-state index contributed by atoms with van der Waals surface area (Å²) in [6.45, 7) is 2.98. The van der Waals surface area contributed by atoms with Gasteiger partial charge in [-0.2, -0.15) is 0 Å². The Hall–Kier alpha value is -0.0800. The second kappa shape index (κ2) is 4.66. The van der Waals surface area contributed by atoms with Crippen molar-refractivity contribution in [3.8, 4) is 0 Å². The van der Waals surface area contributed by atoms with Crippen LogP contribution in [0.25, 0.3) is 0 Å². The van der Waals surface area contributed by atoms with Gasteiger partial charge in [0.15, 0.2) is 0 Å². The number of rotatable bonds is 2. The highest BCUT2D eigenvalue weighted by molar-refractivity contribution is 5.04. The van der Waals surface area contributed by atoms with Crippen LogP contribution in [-0.4, -0.2) is 17.3 Å². The zero-order valence-corrected chi connectivity index (χ0v) is 10.7. The van der Waals surface area contributed by atoms with E-state index in [4.69, 9.17) is 5.73 Å². The van der Waals surface area contributed by atoms with Crippen molar-refractivity contribution >= 4 is 0 Å². The lowest BCUT2D eigenvalue weighted by atomic mass is 9.66. The van der Waals surface area contributed by atoms with Crippen molar-refractivity contribution in [3.05, 3.63) is 0 Å². The standard InChI is InChI=1S/C14H27NO/c1-12-6-9-13(10-12,11-15)14(16)7-4-2-3-5-8-14/h12,16H,2-11,15H2,1H3. The molecule has 2 aliphatic carbocycles. The first-order valence-electron chi connectivity index (χ1n) is 7.04. The molecule has 2 rings (SSSR count). The smallest absolute Gasteiger partial charge is 0.0715 e. The molecule has 2 nitrogen and oxygen atoms in total. The largest absolute Gasteiger partial charge is 0.389 e. The Kier molecular flexibility index (Phi) is 3.60. The van der Waals surface area contributed by atoms with Crippen molar-refractivity contribution in [2.45, 2.75) is 70.3 Å². The Morgan fingerprint density at radius 1 is 1.12 bits per heavy atom. The summed E-state index contributed by atoms with van der Waals surface area (Å²) in [4.78, 5) is 0. The first kappa shape index (κ1) is 12.4. The van der Waals surface area contributed by atoms with Gasteiger partial charge in [-0.05, 0) is 31.6 Å². The zero-order chi connectivity index (χ0) is 11.6. The van der Waals surface area contributed by atoms with E-state index in [0.29, 0.717) is 6.54 Å². The van der Waals surface area contributed by atoms with E-state index in [1.54, 1.807) is 0 Å². The van der Waals surface area contributed by atoms with E-state index in [2.05, 4.69) is 6.92 Å². The van der Waals surface area contributed by atoms with Crippen molar-refractivity contribution in [1.82, 2.24) is 0 Å². The summed E-state index contributed by atoms with van der Waals surface area (Å²) in [6.07, 6.45) is 10.4. The molecule has 0 heterocycles. The van der Waals surface area contributed by atoms with E-state index in [-0.39, 0.29) is 5.41 Å². The lowest BCUT2D eigenvalue weighted by Crippen LogP contribution is -2.51. The number of nitrogens with two attached hydrogens (primary N) is 1. The Morgan fingerprint density at radius 2 is 1.75 bits per heavy atom. The fourth-order valence-electron chi connectivity index (χ4n) is 4.04. The van der Waals surface area contributed by atoms with Crippen LogP contribution in [0.5, 0.6) is 0 Å². The van der Waals surface area contributed by atoms with E-state index in [0.717, 1.165) is 31.6 Å². The molecule has 2 atom stereocenters. The highest BCUT2D eigenvalue weighted by Gasteiger charge is 2.51. The fourth-order valence-corrected chi connectivity index (χ4v) is 4.04. The van der Waals surface area contributed by atoms with Gasteiger partial charge in [0, 0.05) is 12.0 Å². The van der Waals surface area contributed by atoms with Gasteiger partial charge in [-0.1, -0.05) is 39.0 Å². The average Bonchev–Trinajstić information content (AvgIpc) is 2.52. The van der Waals surface area contributed by atoms with Crippen LogP contribution in [0.1, 0.15) is 64.7 Å². The molecule has 2 unspecified atom stereocenters. The van der Waals surface area contributed by atoms with Crippen LogP contribution in [-0.2, 0) is 0 Å². The molecule has 2 saturated carbocycles. The third-order valence-corrected chi connectivity index (χ3v) is 5.16. The summed E-state index contributed by atoms with van der Waals surface area (Å²) >= 11 is 0. The second-order valence-corrected chi connectivity index (χ2v) is 6.28. The van der Waals surface area contributed by atoms with Gasteiger partial charge in [0.1, 0.15) is 0 Å². The van der Waals surface area contributed by atoms with E-state index >= 15 is 0 Å². The first-order valence-corrected chi connectivity index (χ1v) is 7.04. The van der Waals surface area contributed by atoms with E-state index in [9.17, 15) is 5.11 Å². The van der Waals surface area contributed by atoms with Gasteiger partial charge < -0.3 is 10.8 Å². The third kappa shape index (κ3) is 2.02. The molecule has 0 aromatic rings. The molecule has 2 heteroatoms. The van der Waals surface area contributed by atoms with Crippen LogP contribution in [0, 0.1) is 11.3 Å². The SMILES string of the molecule is CC1CCC(CN)(C2(O)CCCCCC2)C1. The summed E-state index contributed by atoms with van der Waals surface area (Å²) in [6, 6.07) is 0. The van der Waals surface area contributed by atoms with Gasteiger partial charge in [0.2, 0.25) is 0 Å². The summed E-state index contributed by atoms with van der Waals surface area (Å²) in [5.74, 6) is 0.746. The van der Waals surface area contributed by atoms with Crippen LogP contribution < -0.4 is 5.73 Å². The van der Waals surface area contributed by atoms with Crippen molar-refractivity contribution in [1.29, 1.82) is 0 Å². The molecule has 0 saturated heterocycles. The molecule has 16 heavy (non-hydrogen) atoms. The predicted molar refractivity (Wildman–Crippen MR) is 67.2 cm³/mol. The Labute approximate surface area is 99.6 Å². The van der Waals surface area contributed by atoms with E-state index in [1.807, 2.05) is 0 Å². The monoisotopic (exact) mass is 225 g/mol. The molecule has 2 aliphatic rings. The van der Waals surface area contributed by atoms with Gasteiger partial charge in [-0.25, -0.2) is 0 Å². The minimum absolute atomic E-state index is 0.0384. The quantitative estimate of drug-likeness (QED) is 0.710. The molecule has 2 fully saturated rings. The maximum atomic E-state index is 11.0. The molecule has 0 spiro atoms. The van der Waals surface area contributed by atoms with Crippen molar-refractivity contribution < 1.29 is 5.11 Å². The maximum Gasteiger partial charge on any atom is 0.0715 e. The highest BCUT2D eigenvalue weighted by Crippen LogP contribution is 2.52. The molecule has 0 radical (unpaired) electrons. The van der Waals surface area contributed by atoms with E-state index in [1.165, 1.54) is 32.1 Å². The predicted octanol–water partition coefficient (Wildman–Crippen LogP) is 2.84. The Balaban J connectivity index is 2.17.